The summed E-state index contributed by atoms with van der Waals surface area (Å²) < 4.78 is 26.1. The molecule has 0 saturated heterocycles. The molecule has 0 heterocycles. The Labute approximate surface area is 83.4 Å². The predicted octanol–water partition coefficient (Wildman–Crippen LogP) is 3.41. The van der Waals surface area contributed by atoms with Gasteiger partial charge in [0.1, 0.15) is 11.6 Å². The fourth-order valence-electron chi connectivity index (χ4n) is 0.848. The van der Waals surface area contributed by atoms with E-state index < -0.39 is 11.6 Å². The number of hydrogen-bond acceptors (Lipinski definition) is 0. The van der Waals surface area contributed by atoms with E-state index in [1.54, 1.807) is 0 Å². The molecule has 0 aromatic heterocycles. The van der Waals surface area contributed by atoms with E-state index in [-0.39, 0.29) is 0 Å². The number of alkyl halides is 1. The largest absolute Gasteiger partial charge is 0.207 e. The summed E-state index contributed by atoms with van der Waals surface area (Å²) in [5, 5.41) is 0. The summed E-state index contributed by atoms with van der Waals surface area (Å²) in [5.41, 5.74) is 1.07. The summed E-state index contributed by atoms with van der Waals surface area (Å²) in [6, 6.07) is 3.51. The van der Waals surface area contributed by atoms with E-state index in [0.29, 0.717) is 15.6 Å². The predicted molar refractivity (Wildman–Crippen MR) is 54.3 cm³/mol. The van der Waals surface area contributed by atoms with Crippen LogP contribution in [-0.4, -0.2) is 4.43 Å². The second-order valence-corrected chi connectivity index (χ2v) is 3.12. The summed E-state index contributed by atoms with van der Waals surface area (Å²) in [7, 11) is 0. The summed E-state index contributed by atoms with van der Waals surface area (Å²) in [6.07, 6.45) is 0. The van der Waals surface area contributed by atoms with Crippen molar-refractivity contribution < 1.29 is 8.78 Å². The molecule has 64 valence electrons. The highest BCUT2D eigenvalue weighted by Gasteiger charge is 2.05. The smallest absolute Gasteiger partial charge is 0.133 e. The SMILES string of the molecule is C=C(CI)c1ccc(F)cc1F. The van der Waals surface area contributed by atoms with E-state index in [1.165, 1.54) is 12.1 Å². The number of benzene rings is 1. The molecular formula is C9H7F2I. The Morgan fingerprint density at radius 1 is 1.42 bits per heavy atom. The first kappa shape index (κ1) is 9.64. The lowest BCUT2D eigenvalue weighted by molar-refractivity contribution is 0.581. The molecule has 0 fully saturated rings. The van der Waals surface area contributed by atoms with Crippen LogP contribution in [-0.2, 0) is 0 Å². The molecule has 0 aliphatic rings. The average Bonchev–Trinajstić information content (AvgIpc) is 2.03. The Morgan fingerprint density at radius 2 is 2.08 bits per heavy atom. The molecule has 12 heavy (non-hydrogen) atoms. The van der Waals surface area contributed by atoms with Crippen LogP contribution in [0.15, 0.2) is 24.8 Å². The lowest BCUT2D eigenvalue weighted by Gasteiger charge is -2.02. The molecular weight excluding hydrogens is 273 g/mol. The fraction of sp³-hybridized carbons (Fsp3) is 0.111. The van der Waals surface area contributed by atoms with Crippen LogP contribution in [0.1, 0.15) is 5.56 Å². The van der Waals surface area contributed by atoms with Crippen molar-refractivity contribution in [1.29, 1.82) is 0 Å². The van der Waals surface area contributed by atoms with E-state index in [0.717, 1.165) is 6.07 Å². The summed E-state index contributed by atoms with van der Waals surface area (Å²) >= 11 is 2.08. The summed E-state index contributed by atoms with van der Waals surface area (Å²) in [6.45, 7) is 3.66. The Morgan fingerprint density at radius 3 is 2.58 bits per heavy atom. The minimum Gasteiger partial charge on any atom is -0.207 e. The average molecular weight is 280 g/mol. The zero-order chi connectivity index (χ0) is 9.14. The van der Waals surface area contributed by atoms with Crippen molar-refractivity contribution in [2.75, 3.05) is 4.43 Å². The normalized spacial score (nSPS) is 9.92. The van der Waals surface area contributed by atoms with Gasteiger partial charge >= 0.3 is 0 Å². The highest BCUT2D eigenvalue weighted by molar-refractivity contribution is 14.1. The van der Waals surface area contributed by atoms with E-state index in [4.69, 9.17) is 0 Å². The van der Waals surface area contributed by atoms with Crippen LogP contribution < -0.4 is 0 Å². The molecule has 0 N–H and O–H groups in total. The second kappa shape index (κ2) is 3.98. The maximum atomic E-state index is 13.0. The zero-order valence-corrected chi connectivity index (χ0v) is 8.44. The molecule has 0 aliphatic carbocycles. The number of rotatable bonds is 2. The maximum absolute atomic E-state index is 13.0. The standard InChI is InChI=1S/C9H7F2I/c1-6(5-12)8-3-2-7(10)4-9(8)11/h2-4H,1,5H2. The van der Waals surface area contributed by atoms with Gasteiger partial charge in [-0.1, -0.05) is 29.2 Å². The molecule has 0 nitrogen and oxygen atoms in total. The molecule has 1 aromatic rings. The van der Waals surface area contributed by atoms with E-state index in [1.807, 2.05) is 0 Å². The molecule has 0 amide bonds. The molecule has 1 rings (SSSR count). The Balaban J connectivity index is 3.09. The van der Waals surface area contributed by atoms with Gasteiger partial charge in [-0.2, -0.15) is 0 Å². The summed E-state index contributed by atoms with van der Waals surface area (Å²) in [5.74, 6) is -1.10. The maximum Gasteiger partial charge on any atom is 0.133 e. The molecule has 0 spiro atoms. The zero-order valence-electron chi connectivity index (χ0n) is 6.28. The van der Waals surface area contributed by atoms with Crippen molar-refractivity contribution in [2.24, 2.45) is 0 Å². The summed E-state index contributed by atoms with van der Waals surface area (Å²) in [4.78, 5) is 0. The van der Waals surface area contributed by atoms with Crippen molar-refractivity contribution in [2.45, 2.75) is 0 Å². The van der Waals surface area contributed by atoms with Crippen LogP contribution >= 0.6 is 22.6 Å². The molecule has 0 saturated carbocycles. The van der Waals surface area contributed by atoms with Gasteiger partial charge < -0.3 is 0 Å². The van der Waals surface area contributed by atoms with Gasteiger partial charge in [0.25, 0.3) is 0 Å². The van der Waals surface area contributed by atoms with Gasteiger partial charge in [0.2, 0.25) is 0 Å². The van der Waals surface area contributed by atoms with Gasteiger partial charge in [-0.15, -0.1) is 0 Å². The van der Waals surface area contributed by atoms with E-state index in [9.17, 15) is 8.78 Å². The number of allylic oxidation sites excluding steroid dienone is 1. The molecule has 0 atom stereocenters. The monoisotopic (exact) mass is 280 g/mol. The quantitative estimate of drug-likeness (QED) is 0.575. The Kier molecular flexibility index (Phi) is 3.20. The molecule has 1 aromatic carbocycles. The van der Waals surface area contributed by atoms with Crippen molar-refractivity contribution in [3.8, 4) is 0 Å². The van der Waals surface area contributed by atoms with Gasteiger partial charge in [0, 0.05) is 16.1 Å². The lowest BCUT2D eigenvalue weighted by Crippen LogP contribution is -1.90. The van der Waals surface area contributed by atoms with Crippen molar-refractivity contribution in [3.63, 3.8) is 0 Å². The van der Waals surface area contributed by atoms with Gasteiger partial charge in [-0.25, -0.2) is 8.78 Å². The molecule has 0 aliphatic heterocycles. The van der Waals surface area contributed by atoms with Gasteiger partial charge in [-0.05, 0) is 17.7 Å². The van der Waals surface area contributed by atoms with Gasteiger partial charge in [-0.3, -0.25) is 0 Å². The minimum absolute atomic E-state index is 0.394. The van der Waals surface area contributed by atoms with E-state index in [2.05, 4.69) is 29.2 Å². The fourth-order valence-corrected chi connectivity index (χ4v) is 1.26. The van der Waals surface area contributed by atoms with Crippen LogP contribution in [0, 0.1) is 11.6 Å². The van der Waals surface area contributed by atoms with Crippen molar-refractivity contribution in [3.05, 3.63) is 42.0 Å². The second-order valence-electron chi connectivity index (χ2n) is 2.36. The van der Waals surface area contributed by atoms with Crippen LogP contribution in [0.4, 0.5) is 8.78 Å². The third-order valence-corrected chi connectivity index (χ3v) is 2.39. The van der Waals surface area contributed by atoms with Gasteiger partial charge in [0.15, 0.2) is 0 Å². The molecule has 0 unspecified atom stereocenters. The first-order chi connectivity index (χ1) is 5.65. The first-order valence-electron chi connectivity index (χ1n) is 3.34. The lowest BCUT2D eigenvalue weighted by atomic mass is 10.1. The molecule has 0 radical (unpaired) electrons. The Hall–Kier alpha value is -0.450. The van der Waals surface area contributed by atoms with Crippen LogP contribution in [0.3, 0.4) is 0 Å². The molecule has 0 bridgehead atoms. The number of hydrogen-bond donors (Lipinski definition) is 0. The van der Waals surface area contributed by atoms with Crippen LogP contribution in [0.25, 0.3) is 5.57 Å². The van der Waals surface area contributed by atoms with Gasteiger partial charge in [0.05, 0.1) is 0 Å². The van der Waals surface area contributed by atoms with Crippen LogP contribution in [0.2, 0.25) is 0 Å². The number of halogens is 3. The first-order valence-corrected chi connectivity index (χ1v) is 4.87. The van der Waals surface area contributed by atoms with Crippen LogP contribution in [0.5, 0.6) is 0 Å². The van der Waals surface area contributed by atoms with Crippen molar-refractivity contribution in [1.82, 2.24) is 0 Å². The third kappa shape index (κ3) is 2.03. The topological polar surface area (TPSA) is 0 Å². The highest BCUT2D eigenvalue weighted by Crippen LogP contribution is 2.19. The van der Waals surface area contributed by atoms with Crippen molar-refractivity contribution >= 4 is 28.2 Å². The minimum atomic E-state index is -0.558. The highest BCUT2D eigenvalue weighted by atomic mass is 127. The Bertz CT molecular complexity index is 307. The third-order valence-electron chi connectivity index (χ3n) is 1.47. The van der Waals surface area contributed by atoms with E-state index >= 15 is 0 Å². The molecule has 3 heteroatoms.